The Balaban J connectivity index is 2.56. The minimum absolute atomic E-state index is 0.272. The zero-order chi connectivity index (χ0) is 14.0. The van der Waals surface area contributed by atoms with Crippen LogP contribution in [0.3, 0.4) is 0 Å². The molecular weight excluding hydrogens is 247 g/mol. The number of halogens is 1. The molecule has 0 saturated heterocycles. The normalized spacial score (nSPS) is 22.8. The first-order valence-corrected chi connectivity index (χ1v) is 6.23. The number of rotatable bonds is 2. The number of allylic oxidation sites excluding steroid dienone is 2. The van der Waals surface area contributed by atoms with E-state index < -0.39 is 5.41 Å². The molecule has 1 aromatic rings. The zero-order valence-corrected chi connectivity index (χ0v) is 11.1. The summed E-state index contributed by atoms with van der Waals surface area (Å²) < 4.78 is 18.6. The first-order chi connectivity index (χ1) is 9.01. The fourth-order valence-electron chi connectivity index (χ4n) is 2.70. The van der Waals surface area contributed by atoms with E-state index in [2.05, 4.69) is 0 Å². The summed E-state index contributed by atoms with van der Waals surface area (Å²) in [6, 6.07) is 4.73. The second-order valence-electron chi connectivity index (χ2n) is 4.89. The van der Waals surface area contributed by atoms with Gasteiger partial charge in [-0.05, 0) is 43.0 Å². The van der Waals surface area contributed by atoms with E-state index in [0.717, 1.165) is 0 Å². The van der Waals surface area contributed by atoms with Crippen molar-refractivity contribution in [1.29, 1.82) is 0 Å². The van der Waals surface area contributed by atoms with Gasteiger partial charge in [0, 0.05) is 6.42 Å². The third kappa shape index (κ3) is 2.23. The van der Waals surface area contributed by atoms with Gasteiger partial charge < -0.3 is 9.84 Å². The van der Waals surface area contributed by atoms with Crippen LogP contribution < -0.4 is 0 Å². The fourth-order valence-corrected chi connectivity index (χ4v) is 2.70. The molecule has 19 heavy (non-hydrogen) atoms. The third-order valence-electron chi connectivity index (χ3n) is 3.85. The Morgan fingerprint density at radius 2 is 2.21 bits per heavy atom. The molecular formula is C15H17FO3. The van der Waals surface area contributed by atoms with Crippen LogP contribution in [0.15, 0.2) is 30.0 Å². The van der Waals surface area contributed by atoms with Gasteiger partial charge in [0.15, 0.2) is 0 Å². The second kappa shape index (κ2) is 5.03. The van der Waals surface area contributed by atoms with Crippen molar-refractivity contribution in [3.63, 3.8) is 0 Å². The molecule has 0 saturated carbocycles. The molecule has 1 aliphatic rings. The molecule has 4 heteroatoms. The fraction of sp³-hybridized carbons (Fsp3) is 0.400. The molecule has 0 aromatic heterocycles. The standard InChI is InChI=1S/C15H17FO3/c1-10-12(4-3-5-13(10)16)15(14(18)19-2)8-6-11(17)7-9-15/h3-6,17H,7-9H2,1-2H3. The van der Waals surface area contributed by atoms with Gasteiger partial charge in [-0.2, -0.15) is 0 Å². The highest BCUT2D eigenvalue weighted by molar-refractivity contribution is 5.84. The van der Waals surface area contributed by atoms with Gasteiger partial charge in [-0.3, -0.25) is 4.79 Å². The van der Waals surface area contributed by atoms with Gasteiger partial charge in [0.1, 0.15) is 5.82 Å². The van der Waals surface area contributed by atoms with E-state index in [1.54, 1.807) is 25.1 Å². The summed E-state index contributed by atoms with van der Waals surface area (Å²) in [5, 5.41) is 9.50. The summed E-state index contributed by atoms with van der Waals surface area (Å²) in [6.45, 7) is 1.66. The Kier molecular flexibility index (Phi) is 3.60. The summed E-state index contributed by atoms with van der Waals surface area (Å²) in [7, 11) is 1.33. The number of aliphatic hydroxyl groups is 1. The summed E-state index contributed by atoms with van der Waals surface area (Å²) in [5.74, 6) is -0.446. The van der Waals surface area contributed by atoms with Gasteiger partial charge in [-0.1, -0.05) is 12.1 Å². The predicted molar refractivity (Wildman–Crippen MR) is 69.4 cm³/mol. The van der Waals surface area contributed by atoms with Gasteiger partial charge >= 0.3 is 5.97 Å². The lowest BCUT2D eigenvalue weighted by atomic mass is 9.70. The van der Waals surface area contributed by atoms with Gasteiger partial charge in [-0.15, -0.1) is 0 Å². The van der Waals surface area contributed by atoms with Crippen LogP contribution in [0.1, 0.15) is 30.4 Å². The first kappa shape index (κ1) is 13.6. The van der Waals surface area contributed by atoms with E-state index in [4.69, 9.17) is 4.74 Å². The van der Waals surface area contributed by atoms with Crippen molar-refractivity contribution < 1.29 is 19.0 Å². The topological polar surface area (TPSA) is 46.5 Å². The second-order valence-corrected chi connectivity index (χ2v) is 4.89. The number of carbonyl (C=O) groups excluding carboxylic acids is 1. The Morgan fingerprint density at radius 3 is 2.79 bits per heavy atom. The molecule has 0 radical (unpaired) electrons. The number of hydrogen-bond acceptors (Lipinski definition) is 3. The zero-order valence-electron chi connectivity index (χ0n) is 11.1. The van der Waals surface area contributed by atoms with Crippen molar-refractivity contribution in [2.75, 3.05) is 7.11 Å². The lowest BCUT2D eigenvalue weighted by Crippen LogP contribution is -2.39. The molecule has 0 amide bonds. The molecule has 1 aliphatic carbocycles. The Labute approximate surface area is 111 Å². The molecule has 0 heterocycles. The van der Waals surface area contributed by atoms with E-state index in [0.29, 0.717) is 30.4 Å². The summed E-state index contributed by atoms with van der Waals surface area (Å²) in [4.78, 5) is 12.2. The lowest BCUT2D eigenvalue weighted by Gasteiger charge is -2.34. The summed E-state index contributed by atoms with van der Waals surface area (Å²) in [5.41, 5.74) is 0.207. The van der Waals surface area contributed by atoms with Crippen LogP contribution in [0, 0.1) is 12.7 Å². The van der Waals surface area contributed by atoms with E-state index in [9.17, 15) is 14.3 Å². The molecule has 3 nitrogen and oxygen atoms in total. The van der Waals surface area contributed by atoms with Crippen molar-refractivity contribution in [3.05, 3.63) is 47.0 Å². The van der Waals surface area contributed by atoms with Gasteiger partial charge in [-0.25, -0.2) is 4.39 Å². The van der Waals surface area contributed by atoms with E-state index in [1.807, 2.05) is 0 Å². The van der Waals surface area contributed by atoms with Gasteiger partial charge in [0.2, 0.25) is 0 Å². The van der Waals surface area contributed by atoms with Crippen LogP contribution in [0.4, 0.5) is 4.39 Å². The molecule has 1 N–H and O–H groups in total. The van der Waals surface area contributed by atoms with Crippen molar-refractivity contribution in [2.45, 2.75) is 31.6 Å². The number of benzene rings is 1. The van der Waals surface area contributed by atoms with Crippen LogP contribution >= 0.6 is 0 Å². The van der Waals surface area contributed by atoms with Crippen LogP contribution in [0.5, 0.6) is 0 Å². The maximum absolute atomic E-state index is 13.7. The predicted octanol–water partition coefficient (Wildman–Crippen LogP) is 3.17. The van der Waals surface area contributed by atoms with Crippen molar-refractivity contribution >= 4 is 5.97 Å². The SMILES string of the molecule is COC(=O)C1(c2cccc(F)c2C)CC=C(O)CC1. The number of hydrogen-bond donors (Lipinski definition) is 1. The van der Waals surface area contributed by atoms with E-state index in [1.165, 1.54) is 13.2 Å². The van der Waals surface area contributed by atoms with Crippen molar-refractivity contribution in [1.82, 2.24) is 0 Å². The molecule has 1 unspecified atom stereocenters. The number of methoxy groups -OCH3 is 1. The number of carbonyl (C=O) groups is 1. The van der Waals surface area contributed by atoms with Crippen LogP contribution in [-0.2, 0) is 14.9 Å². The maximum Gasteiger partial charge on any atom is 0.316 e. The molecule has 0 bridgehead atoms. The molecule has 102 valence electrons. The highest BCUT2D eigenvalue weighted by Crippen LogP contribution is 2.41. The molecule has 0 fully saturated rings. The van der Waals surface area contributed by atoms with Crippen LogP contribution in [0.25, 0.3) is 0 Å². The van der Waals surface area contributed by atoms with E-state index >= 15 is 0 Å². The van der Waals surface area contributed by atoms with E-state index in [-0.39, 0.29) is 17.5 Å². The average Bonchev–Trinajstić information content (AvgIpc) is 2.42. The quantitative estimate of drug-likeness (QED) is 0.834. The molecule has 0 spiro atoms. The smallest absolute Gasteiger partial charge is 0.316 e. The molecule has 0 aliphatic heterocycles. The first-order valence-electron chi connectivity index (χ1n) is 6.23. The van der Waals surface area contributed by atoms with Gasteiger partial charge in [0.25, 0.3) is 0 Å². The number of aliphatic hydroxyl groups excluding tert-OH is 1. The molecule has 1 aromatic carbocycles. The molecule has 2 rings (SSSR count). The Morgan fingerprint density at radius 1 is 1.47 bits per heavy atom. The maximum atomic E-state index is 13.7. The monoisotopic (exact) mass is 264 g/mol. The largest absolute Gasteiger partial charge is 0.513 e. The minimum atomic E-state index is -0.896. The minimum Gasteiger partial charge on any atom is -0.513 e. The summed E-state index contributed by atoms with van der Waals surface area (Å²) >= 11 is 0. The van der Waals surface area contributed by atoms with Crippen molar-refractivity contribution in [2.24, 2.45) is 0 Å². The highest BCUT2D eigenvalue weighted by Gasteiger charge is 2.43. The van der Waals surface area contributed by atoms with Crippen molar-refractivity contribution in [3.8, 4) is 0 Å². The van der Waals surface area contributed by atoms with Crippen LogP contribution in [-0.4, -0.2) is 18.2 Å². The Hall–Kier alpha value is -1.84. The highest BCUT2D eigenvalue weighted by atomic mass is 19.1. The van der Waals surface area contributed by atoms with Crippen LogP contribution in [0.2, 0.25) is 0 Å². The number of ether oxygens (including phenoxy) is 1. The number of esters is 1. The lowest BCUT2D eigenvalue weighted by molar-refractivity contribution is -0.148. The summed E-state index contributed by atoms with van der Waals surface area (Å²) in [6.07, 6.45) is 2.76. The Bertz CT molecular complexity index is 536. The van der Waals surface area contributed by atoms with Gasteiger partial charge in [0.05, 0.1) is 18.3 Å². The average molecular weight is 264 g/mol. The third-order valence-corrected chi connectivity index (χ3v) is 3.85. The molecule has 1 atom stereocenters.